The number of amides is 3. The van der Waals surface area contributed by atoms with Crippen molar-refractivity contribution in [3.05, 3.63) is 207 Å². The first-order chi connectivity index (χ1) is 33.2. The van der Waals surface area contributed by atoms with Crippen LogP contribution in [0.5, 0.6) is 0 Å². The van der Waals surface area contributed by atoms with Gasteiger partial charge >= 0.3 is 12.2 Å². The highest BCUT2D eigenvalue weighted by molar-refractivity contribution is 6.31. The Labute approximate surface area is 415 Å². The van der Waals surface area contributed by atoms with Gasteiger partial charge in [-0.2, -0.15) is 0 Å². The van der Waals surface area contributed by atoms with Crippen LogP contribution in [-0.4, -0.2) is 65.9 Å². The Balaban J connectivity index is 0.000000183. The third-order valence-electron chi connectivity index (χ3n) is 10.7. The molecule has 0 aliphatic heterocycles. The van der Waals surface area contributed by atoms with Crippen LogP contribution >= 0.6 is 35.6 Å². The molecule has 0 unspecified atom stereocenters. The zero-order valence-corrected chi connectivity index (χ0v) is 38.9. The number of nitrogens with zero attached hydrogens (tertiary/aromatic N) is 4. The second kappa shape index (κ2) is 24.3. The van der Waals surface area contributed by atoms with Crippen LogP contribution in [0.25, 0.3) is 0 Å². The largest absolute Gasteiger partial charge is 0.443 e. The van der Waals surface area contributed by atoms with Crippen molar-refractivity contribution in [2.75, 3.05) is 10.6 Å². The van der Waals surface area contributed by atoms with Gasteiger partial charge in [0.25, 0.3) is 11.8 Å². The fourth-order valence-electron chi connectivity index (χ4n) is 7.34. The van der Waals surface area contributed by atoms with Crippen molar-refractivity contribution in [3.8, 4) is 0 Å². The van der Waals surface area contributed by atoms with E-state index in [1.807, 2.05) is 12.1 Å². The van der Waals surface area contributed by atoms with Gasteiger partial charge in [0, 0.05) is 60.1 Å². The summed E-state index contributed by atoms with van der Waals surface area (Å²) in [5, 5.41) is 28.2. The van der Waals surface area contributed by atoms with Crippen molar-refractivity contribution in [1.29, 1.82) is 0 Å². The number of aromatic nitrogens is 4. The lowest BCUT2D eigenvalue weighted by atomic mass is 10.0. The Hall–Kier alpha value is -7.32. The monoisotopic (exact) mass is 1010 g/mol. The van der Waals surface area contributed by atoms with Crippen LogP contribution in [0, 0.1) is 11.6 Å². The third kappa shape index (κ3) is 13.3. The molecule has 0 spiro atoms. The second-order valence-electron chi connectivity index (χ2n) is 15.3. The number of hydrogen-bond donors (Lipinski definition) is 6. The molecule has 7 N–H and O–H groups in total. The number of pyridine rings is 2. The first-order valence-corrected chi connectivity index (χ1v) is 21.8. The highest BCUT2D eigenvalue weighted by Gasteiger charge is 2.35. The van der Waals surface area contributed by atoms with Gasteiger partial charge in [0.2, 0.25) is 0 Å². The number of alkyl carbamates (subject to hydrolysis) is 1. The van der Waals surface area contributed by atoms with Gasteiger partial charge in [0.05, 0.1) is 45.7 Å². The number of rotatable bonds is 9. The maximum atomic E-state index is 13.4. The average Bonchev–Trinajstić information content (AvgIpc) is 4.08. The first kappa shape index (κ1) is 52.1. The molecule has 4 atom stereocenters. The van der Waals surface area contributed by atoms with Crippen LogP contribution in [0.1, 0.15) is 66.4 Å². The molecule has 362 valence electrons. The maximum absolute atomic E-state index is 13.4. The quantitative estimate of drug-likeness (QED) is 0.0799. The van der Waals surface area contributed by atoms with Crippen LogP contribution < -0.4 is 21.7 Å². The van der Waals surface area contributed by atoms with E-state index in [9.17, 15) is 38.2 Å². The number of aliphatic hydroxyl groups excluding tert-OH is 2. The van der Waals surface area contributed by atoms with Crippen LogP contribution in [0.3, 0.4) is 0 Å². The second-order valence-corrected chi connectivity index (χ2v) is 16.2. The van der Waals surface area contributed by atoms with E-state index in [0.717, 1.165) is 17.2 Å². The van der Waals surface area contributed by atoms with Crippen LogP contribution in [0.4, 0.5) is 29.7 Å². The zero-order chi connectivity index (χ0) is 49.0. The molecule has 0 radical (unpaired) electrons. The number of benzene rings is 4. The lowest BCUT2D eigenvalue weighted by Gasteiger charge is -2.18. The number of halogens is 5. The number of nitrogens with two attached hydrogens (primary N) is 1. The standard InChI is InChI=1S/C23H19ClFN3O4.C16H14ClFN2O2.C10H9N3O2.ClH/c24-18-10-13(7-8-19(18)25)27-22(30)16-6-3-5-15-17(16)11-20(29)21(15)28-23(31)32-12-14-4-1-2-9-26-14;17-12-6-8(4-5-13(12)18)20-16(22)10-3-1-2-9-11(10)7-14(21)15(9)19;14-10(13-6-5-11-8-13)15-7-9-3-1-2-4-12-9;/h1-10,20-21,29H,11-12H2,(H,27,30)(H,28,31);1-6,14-15,21H,7,19H2,(H,20,22);1-6,8H,7H2;1H/t20-,21-;14-,15-;;/m11../s1. The summed E-state index contributed by atoms with van der Waals surface area (Å²) < 4.78 is 37.9. The predicted octanol–water partition coefficient (Wildman–Crippen LogP) is 8.54. The van der Waals surface area contributed by atoms with Crippen molar-refractivity contribution in [2.45, 2.75) is 50.3 Å². The third-order valence-corrected chi connectivity index (χ3v) is 11.3. The van der Waals surface area contributed by atoms with E-state index in [0.29, 0.717) is 51.4 Å². The zero-order valence-electron chi connectivity index (χ0n) is 36.5. The molecule has 0 saturated carbocycles. The van der Waals surface area contributed by atoms with E-state index in [1.165, 1.54) is 53.6 Å². The summed E-state index contributed by atoms with van der Waals surface area (Å²) in [7, 11) is 0. The molecular formula is C49H43Cl3F2N8O8. The Morgan fingerprint density at radius 3 is 1.73 bits per heavy atom. The number of hydrogen-bond acceptors (Lipinski definition) is 12. The van der Waals surface area contributed by atoms with Crippen molar-refractivity contribution >= 4 is 71.0 Å². The van der Waals surface area contributed by atoms with Crippen molar-refractivity contribution < 1.29 is 47.6 Å². The van der Waals surface area contributed by atoms with E-state index in [4.69, 9.17) is 38.4 Å². The van der Waals surface area contributed by atoms with Gasteiger partial charge in [-0.3, -0.25) is 19.6 Å². The van der Waals surface area contributed by atoms with Gasteiger partial charge in [-0.05, 0) is 95.1 Å². The van der Waals surface area contributed by atoms with Gasteiger partial charge in [-0.1, -0.05) is 59.6 Å². The minimum Gasteiger partial charge on any atom is -0.443 e. The number of aliphatic hydroxyl groups is 2. The summed E-state index contributed by atoms with van der Waals surface area (Å²) in [5.74, 6) is -1.91. The van der Waals surface area contributed by atoms with E-state index in [-0.39, 0.29) is 48.0 Å². The highest BCUT2D eigenvalue weighted by atomic mass is 35.5. The van der Waals surface area contributed by atoms with Gasteiger partial charge in [0.1, 0.15) is 31.2 Å². The van der Waals surface area contributed by atoms with Crippen LogP contribution in [-0.2, 0) is 35.5 Å². The number of carbonyl (C=O) groups is 4. The molecule has 21 heteroatoms. The van der Waals surface area contributed by atoms with Crippen molar-refractivity contribution in [3.63, 3.8) is 0 Å². The van der Waals surface area contributed by atoms with Crippen molar-refractivity contribution in [1.82, 2.24) is 24.8 Å². The molecule has 0 fully saturated rings. The molecule has 2 aliphatic rings. The smallest absolute Gasteiger partial charge is 0.419 e. The van der Waals surface area contributed by atoms with E-state index in [2.05, 4.69) is 30.9 Å². The Morgan fingerprint density at radius 1 is 0.686 bits per heavy atom. The van der Waals surface area contributed by atoms with Gasteiger partial charge in [-0.25, -0.2) is 27.9 Å². The molecule has 2 aliphatic carbocycles. The lowest BCUT2D eigenvalue weighted by Crippen LogP contribution is -2.34. The molecule has 0 saturated heterocycles. The van der Waals surface area contributed by atoms with E-state index in [1.54, 1.807) is 73.1 Å². The minimum absolute atomic E-state index is 0. The van der Waals surface area contributed by atoms with E-state index < -0.39 is 54.0 Å². The number of imidazole rings is 1. The molecule has 70 heavy (non-hydrogen) atoms. The summed E-state index contributed by atoms with van der Waals surface area (Å²) in [6.45, 7) is 0.156. The molecule has 3 aromatic heterocycles. The molecule has 3 amide bonds. The van der Waals surface area contributed by atoms with E-state index >= 15 is 0 Å². The normalized spacial score (nSPS) is 16.0. The SMILES string of the molecule is Cl.N[C@@H]1c2cccc(C(=O)Nc3ccc(F)c(Cl)c3)c2C[C@H]1O.O=C(N[C@@H]1c2cccc(C(=O)Nc3ccc(F)c(Cl)c3)c2C[C@H]1O)OCc1ccccn1.O=C(OCc1ccccn1)n1ccnc1. The van der Waals surface area contributed by atoms with Crippen molar-refractivity contribution in [2.24, 2.45) is 5.73 Å². The summed E-state index contributed by atoms with van der Waals surface area (Å²) >= 11 is 11.5. The topological polar surface area (TPSA) is 233 Å². The minimum atomic E-state index is -0.929. The highest BCUT2D eigenvalue weighted by Crippen LogP contribution is 2.35. The number of fused-ring (bicyclic) bond motifs is 2. The van der Waals surface area contributed by atoms with Gasteiger partial charge in [-0.15, -0.1) is 12.4 Å². The van der Waals surface area contributed by atoms with Crippen LogP contribution in [0.2, 0.25) is 10.0 Å². The maximum Gasteiger partial charge on any atom is 0.419 e. The predicted molar refractivity (Wildman–Crippen MR) is 258 cm³/mol. The Morgan fingerprint density at radius 2 is 1.21 bits per heavy atom. The summed E-state index contributed by atoms with van der Waals surface area (Å²) in [4.78, 5) is 60.7. The molecule has 9 rings (SSSR count). The molecule has 0 bridgehead atoms. The fourth-order valence-corrected chi connectivity index (χ4v) is 7.70. The first-order valence-electron chi connectivity index (χ1n) is 21.0. The average molecular weight is 1020 g/mol. The Bertz CT molecular complexity index is 2940. The summed E-state index contributed by atoms with van der Waals surface area (Å²) in [5.41, 5.74) is 11.5. The molecule has 7 aromatic rings. The molecule has 3 heterocycles. The number of carbonyl (C=O) groups excluding carboxylic acids is 4. The summed E-state index contributed by atoms with van der Waals surface area (Å²) in [6.07, 6.45) is 5.41. The van der Waals surface area contributed by atoms with Gasteiger partial charge in [0.15, 0.2) is 0 Å². The number of nitrogens with one attached hydrogen (secondary N) is 3. The lowest BCUT2D eigenvalue weighted by molar-refractivity contribution is 0.101. The molecule has 16 nitrogen and oxygen atoms in total. The molecular weight excluding hydrogens is 973 g/mol. The number of ether oxygens (including phenoxy) is 2. The summed E-state index contributed by atoms with van der Waals surface area (Å²) in [6, 6.07) is 27.6. The van der Waals surface area contributed by atoms with Gasteiger partial charge < -0.3 is 41.4 Å². The fraction of sp³-hybridized carbons (Fsp3) is 0.163. The Kier molecular flexibility index (Phi) is 18.1. The van der Waals surface area contributed by atoms with Crippen LogP contribution in [0.15, 0.2) is 140 Å². The molecule has 4 aromatic carbocycles. The number of anilines is 2.